The third-order valence-electron chi connectivity index (χ3n) is 3.09. The van der Waals surface area contributed by atoms with Crippen molar-refractivity contribution >= 4 is 11.6 Å². The molecule has 4 heteroatoms. The van der Waals surface area contributed by atoms with E-state index in [0.29, 0.717) is 26.3 Å². The predicted molar refractivity (Wildman–Crippen MR) is 71.7 cm³/mol. The fraction of sp³-hybridized carbons (Fsp3) is 0.500. The van der Waals surface area contributed by atoms with Crippen LogP contribution in [0.3, 0.4) is 0 Å². The number of nitrogens with one attached hydrogen (secondary N) is 1. The number of amides is 1. The molecule has 4 nitrogen and oxygen atoms in total. The highest BCUT2D eigenvalue weighted by Gasteiger charge is 2.22. The van der Waals surface area contributed by atoms with Gasteiger partial charge in [-0.05, 0) is 31.5 Å². The van der Waals surface area contributed by atoms with E-state index in [1.807, 2.05) is 43.0 Å². The Morgan fingerprint density at radius 2 is 2.11 bits per heavy atom. The van der Waals surface area contributed by atoms with E-state index < -0.39 is 0 Å². The van der Waals surface area contributed by atoms with Gasteiger partial charge in [0.25, 0.3) is 0 Å². The molecule has 1 aliphatic heterocycles. The topological polar surface area (TPSA) is 41.6 Å². The van der Waals surface area contributed by atoms with Crippen molar-refractivity contribution in [3.05, 3.63) is 29.8 Å². The van der Waals surface area contributed by atoms with Gasteiger partial charge in [0.1, 0.15) is 6.04 Å². The minimum atomic E-state index is -0.204. The Morgan fingerprint density at radius 1 is 1.39 bits per heavy atom. The molecule has 1 fully saturated rings. The molecule has 2 rings (SSSR count). The van der Waals surface area contributed by atoms with Gasteiger partial charge in [-0.2, -0.15) is 0 Å². The lowest BCUT2D eigenvalue weighted by Gasteiger charge is -2.29. The maximum Gasteiger partial charge on any atom is 0.244 e. The fourth-order valence-electron chi connectivity index (χ4n) is 2.10. The number of hydrogen-bond acceptors (Lipinski definition) is 3. The summed E-state index contributed by atoms with van der Waals surface area (Å²) in [6, 6.07) is 7.85. The molecule has 18 heavy (non-hydrogen) atoms. The minimum absolute atomic E-state index is 0.139. The van der Waals surface area contributed by atoms with Crippen molar-refractivity contribution in [1.29, 1.82) is 0 Å². The minimum Gasteiger partial charge on any atom is -0.378 e. The molecule has 0 saturated carbocycles. The number of rotatable bonds is 3. The summed E-state index contributed by atoms with van der Waals surface area (Å²) in [7, 11) is 0. The molecular formula is C14H20N2O2. The Bertz CT molecular complexity index is 414. The number of morpholine rings is 1. The van der Waals surface area contributed by atoms with Crippen molar-refractivity contribution in [2.45, 2.75) is 19.9 Å². The van der Waals surface area contributed by atoms with Crippen LogP contribution in [0, 0.1) is 6.92 Å². The zero-order chi connectivity index (χ0) is 13.0. The van der Waals surface area contributed by atoms with Gasteiger partial charge in [0.15, 0.2) is 0 Å². The molecule has 1 N–H and O–H groups in total. The predicted octanol–water partition coefficient (Wildman–Crippen LogP) is 1.65. The molecular weight excluding hydrogens is 228 g/mol. The van der Waals surface area contributed by atoms with Crippen LogP contribution in [0.4, 0.5) is 5.69 Å². The number of aryl methyl sites for hydroxylation is 1. The normalized spacial score (nSPS) is 17.3. The van der Waals surface area contributed by atoms with Gasteiger partial charge in [-0.25, -0.2) is 0 Å². The summed E-state index contributed by atoms with van der Waals surface area (Å²) in [5.74, 6) is 0.139. The maximum absolute atomic E-state index is 12.2. The van der Waals surface area contributed by atoms with E-state index in [-0.39, 0.29) is 11.9 Å². The second-order valence-corrected chi connectivity index (χ2v) is 4.67. The van der Waals surface area contributed by atoms with Gasteiger partial charge in [-0.15, -0.1) is 0 Å². The van der Waals surface area contributed by atoms with E-state index in [1.54, 1.807) is 0 Å². The third-order valence-corrected chi connectivity index (χ3v) is 3.09. The highest BCUT2D eigenvalue weighted by molar-refractivity contribution is 5.84. The van der Waals surface area contributed by atoms with Crippen molar-refractivity contribution in [2.75, 3.05) is 31.6 Å². The number of benzene rings is 1. The molecule has 1 unspecified atom stereocenters. The lowest BCUT2D eigenvalue weighted by molar-refractivity contribution is -0.135. The van der Waals surface area contributed by atoms with Gasteiger partial charge in [0.2, 0.25) is 5.91 Å². The number of anilines is 1. The SMILES string of the molecule is Cc1cccc(NC(C)C(=O)N2CCOCC2)c1. The van der Waals surface area contributed by atoms with E-state index in [4.69, 9.17) is 4.74 Å². The molecule has 0 spiro atoms. The van der Waals surface area contributed by atoms with E-state index in [2.05, 4.69) is 5.32 Å². The van der Waals surface area contributed by atoms with Crippen LogP contribution in [0.15, 0.2) is 24.3 Å². The molecule has 98 valence electrons. The third kappa shape index (κ3) is 3.23. The molecule has 1 aliphatic rings. The second-order valence-electron chi connectivity index (χ2n) is 4.67. The number of carbonyl (C=O) groups excluding carboxylic acids is 1. The van der Waals surface area contributed by atoms with Crippen LogP contribution in [0.5, 0.6) is 0 Å². The van der Waals surface area contributed by atoms with Crippen LogP contribution in [0.25, 0.3) is 0 Å². The highest BCUT2D eigenvalue weighted by Crippen LogP contribution is 2.12. The molecule has 1 aromatic carbocycles. The highest BCUT2D eigenvalue weighted by atomic mass is 16.5. The summed E-state index contributed by atoms with van der Waals surface area (Å²) in [5.41, 5.74) is 2.18. The average Bonchev–Trinajstić information content (AvgIpc) is 2.39. The zero-order valence-electron chi connectivity index (χ0n) is 11.0. The first kappa shape index (κ1) is 12.9. The molecule has 1 atom stereocenters. The Morgan fingerprint density at radius 3 is 2.78 bits per heavy atom. The van der Waals surface area contributed by atoms with Gasteiger partial charge in [-0.1, -0.05) is 12.1 Å². The Kier molecular flexibility index (Phi) is 4.20. The zero-order valence-corrected chi connectivity index (χ0v) is 11.0. The fourth-order valence-corrected chi connectivity index (χ4v) is 2.10. The molecule has 1 aromatic rings. The van der Waals surface area contributed by atoms with E-state index >= 15 is 0 Å². The molecule has 0 bridgehead atoms. The molecule has 1 saturated heterocycles. The largest absolute Gasteiger partial charge is 0.378 e. The first-order chi connectivity index (χ1) is 8.66. The van der Waals surface area contributed by atoms with Crippen LogP contribution >= 0.6 is 0 Å². The van der Waals surface area contributed by atoms with Gasteiger partial charge in [-0.3, -0.25) is 4.79 Å². The molecule has 0 aromatic heterocycles. The number of nitrogens with zero attached hydrogens (tertiary/aromatic N) is 1. The van der Waals surface area contributed by atoms with Crippen LogP contribution in [-0.4, -0.2) is 43.2 Å². The lowest BCUT2D eigenvalue weighted by atomic mass is 10.2. The van der Waals surface area contributed by atoms with Gasteiger partial charge < -0.3 is 15.0 Å². The Balaban J connectivity index is 1.94. The monoisotopic (exact) mass is 248 g/mol. The van der Waals surface area contributed by atoms with Crippen LogP contribution in [0.2, 0.25) is 0 Å². The number of hydrogen-bond donors (Lipinski definition) is 1. The van der Waals surface area contributed by atoms with Crippen molar-refractivity contribution in [2.24, 2.45) is 0 Å². The number of carbonyl (C=O) groups is 1. The standard InChI is InChI=1S/C14H20N2O2/c1-11-4-3-5-13(10-11)15-12(2)14(17)16-6-8-18-9-7-16/h3-5,10,12,15H,6-9H2,1-2H3. The van der Waals surface area contributed by atoms with E-state index in [1.165, 1.54) is 5.56 Å². The van der Waals surface area contributed by atoms with Gasteiger partial charge >= 0.3 is 0 Å². The van der Waals surface area contributed by atoms with Crippen molar-refractivity contribution < 1.29 is 9.53 Å². The first-order valence-electron chi connectivity index (χ1n) is 6.36. The van der Waals surface area contributed by atoms with E-state index in [9.17, 15) is 4.79 Å². The lowest BCUT2D eigenvalue weighted by Crippen LogP contribution is -2.46. The summed E-state index contributed by atoms with van der Waals surface area (Å²) in [5, 5.41) is 3.25. The Hall–Kier alpha value is -1.55. The van der Waals surface area contributed by atoms with Crippen molar-refractivity contribution in [3.63, 3.8) is 0 Å². The molecule has 0 radical (unpaired) electrons. The van der Waals surface area contributed by atoms with Crippen LogP contribution in [-0.2, 0) is 9.53 Å². The quantitative estimate of drug-likeness (QED) is 0.884. The summed E-state index contributed by atoms with van der Waals surface area (Å²) in [6.45, 7) is 6.61. The smallest absolute Gasteiger partial charge is 0.244 e. The van der Waals surface area contributed by atoms with Gasteiger partial charge in [0.05, 0.1) is 13.2 Å². The maximum atomic E-state index is 12.2. The molecule has 1 heterocycles. The van der Waals surface area contributed by atoms with Crippen LogP contribution in [0.1, 0.15) is 12.5 Å². The molecule has 0 aliphatic carbocycles. The Labute approximate surface area is 108 Å². The second kappa shape index (κ2) is 5.87. The summed E-state index contributed by atoms with van der Waals surface area (Å²) >= 11 is 0. The summed E-state index contributed by atoms with van der Waals surface area (Å²) < 4.78 is 5.25. The van der Waals surface area contributed by atoms with E-state index in [0.717, 1.165) is 5.69 Å². The number of ether oxygens (including phenoxy) is 1. The summed E-state index contributed by atoms with van der Waals surface area (Å²) in [6.07, 6.45) is 0. The summed E-state index contributed by atoms with van der Waals surface area (Å²) in [4.78, 5) is 14.1. The van der Waals surface area contributed by atoms with Crippen LogP contribution < -0.4 is 5.32 Å². The first-order valence-corrected chi connectivity index (χ1v) is 6.36. The van der Waals surface area contributed by atoms with Gasteiger partial charge in [0, 0.05) is 18.8 Å². The average molecular weight is 248 g/mol. The van der Waals surface area contributed by atoms with Crippen molar-refractivity contribution in [3.8, 4) is 0 Å². The molecule has 1 amide bonds. The van der Waals surface area contributed by atoms with Crippen molar-refractivity contribution in [1.82, 2.24) is 4.90 Å².